The molecule has 1 aromatic rings. The molecule has 1 N–H and O–H groups in total. The van der Waals surface area contributed by atoms with Crippen LogP contribution in [-0.2, 0) is 6.54 Å². The van der Waals surface area contributed by atoms with Crippen molar-refractivity contribution < 1.29 is 4.74 Å². The smallest absolute Gasteiger partial charge is 0.174 e. The Balaban J connectivity index is 1.77. The van der Waals surface area contributed by atoms with E-state index in [1.54, 1.807) is 0 Å². The minimum absolute atomic E-state index is 0.108. The molecule has 0 spiro atoms. The first kappa shape index (κ1) is 13.9. The maximum Gasteiger partial charge on any atom is 0.174 e. The van der Waals surface area contributed by atoms with Gasteiger partial charge in [-0.25, -0.2) is 0 Å². The van der Waals surface area contributed by atoms with E-state index in [9.17, 15) is 0 Å². The molecule has 0 radical (unpaired) electrons. The van der Waals surface area contributed by atoms with Crippen LogP contribution in [0.25, 0.3) is 0 Å². The molecule has 2 rings (SSSR count). The summed E-state index contributed by atoms with van der Waals surface area (Å²) in [7, 11) is 0. The number of nitriles is 1. The lowest BCUT2D eigenvalue weighted by Crippen LogP contribution is -2.23. The summed E-state index contributed by atoms with van der Waals surface area (Å²) >= 11 is 0. The molecular formula is C16H22N2O. The Morgan fingerprint density at radius 2 is 2.32 bits per heavy atom. The fraction of sp³-hybridized carbons (Fsp3) is 0.562. The molecule has 0 bridgehead atoms. The Morgan fingerprint density at radius 3 is 3.05 bits per heavy atom. The summed E-state index contributed by atoms with van der Waals surface area (Å²) in [6, 6.07) is 9.94. The average molecular weight is 258 g/mol. The minimum Gasteiger partial charge on any atom is -0.479 e. The molecule has 3 nitrogen and oxygen atoms in total. The zero-order valence-corrected chi connectivity index (χ0v) is 11.6. The van der Waals surface area contributed by atoms with Crippen molar-refractivity contribution in [2.45, 2.75) is 32.7 Å². The highest BCUT2D eigenvalue weighted by atomic mass is 16.5. The molecule has 0 aliphatic heterocycles. The highest BCUT2D eigenvalue weighted by Crippen LogP contribution is 2.30. The van der Waals surface area contributed by atoms with Gasteiger partial charge in [-0.15, -0.1) is 0 Å². The lowest BCUT2D eigenvalue weighted by Gasteiger charge is -2.16. The van der Waals surface area contributed by atoms with Gasteiger partial charge >= 0.3 is 0 Å². The van der Waals surface area contributed by atoms with Crippen LogP contribution in [0.15, 0.2) is 24.3 Å². The molecule has 1 fully saturated rings. The van der Waals surface area contributed by atoms with Gasteiger partial charge in [0.1, 0.15) is 11.8 Å². The Bertz CT molecular complexity index is 439. The molecule has 1 aliphatic carbocycles. The molecule has 3 heteroatoms. The first-order valence-electron chi connectivity index (χ1n) is 7.09. The van der Waals surface area contributed by atoms with Crippen molar-refractivity contribution in [3.05, 3.63) is 29.8 Å². The van der Waals surface area contributed by atoms with Crippen molar-refractivity contribution in [3.8, 4) is 11.8 Å². The standard InChI is InChI=1S/C16H22N2O/c1-13-4-2-6-15(13)12-18-11-14-5-3-7-16(10-14)19-9-8-17/h3,5,7,10,13,15,18H,2,4,6,9,11-12H2,1H3. The van der Waals surface area contributed by atoms with E-state index in [0.29, 0.717) is 0 Å². The lowest BCUT2D eigenvalue weighted by molar-refractivity contribution is 0.367. The molecule has 0 amide bonds. The number of hydrogen-bond donors (Lipinski definition) is 1. The Hall–Kier alpha value is -1.53. The second-order valence-electron chi connectivity index (χ2n) is 5.39. The lowest BCUT2D eigenvalue weighted by atomic mass is 9.98. The van der Waals surface area contributed by atoms with E-state index >= 15 is 0 Å². The summed E-state index contributed by atoms with van der Waals surface area (Å²) in [5.74, 6) is 2.46. The summed E-state index contributed by atoms with van der Waals surface area (Å²) < 4.78 is 5.30. The van der Waals surface area contributed by atoms with Gasteiger partial charge in [-0.3, -0.25) is 0 Å². The van der Waals surface area contributed by atoms with Gasteiger partial charge in [0.15, 0.2) is 6.61 Å². The number of rotatable bonds is 6. The zero-order valence-electron chi connectivity index (χ0n) is 11.6. The number of nitrogens with one attached hydrogen (secondary N) is 1. The highest BCUT2D eigenvalue weighted by molar-refractivity contribution is 5.28. The summed E-state index contributed by atoms with van der Waals surface area (Å²) in [5.41, 5.74) is 1.21. The monoisotopic (exact) mass is 258 g/mol. The quantitative estimate of drug-likeness (QED) is 0.852. The normalized spacial score (nSPS) is 22.1. The van der Waals surface area contributed by atoms with Gasteiger partial charge in [0.25, 0.3) is 0 Å². The minimum atomic E-state index is 0.108. The van der Waals surface area contributed by atoms with Gasteiger partial charge in [0.2, 0.25) is 0 Å². The maximum atomic E-state index is 8.50. The molecule has 102 valence electrons. The van der Waals surface area contributed by atoms with Crippen molar-refractivity contribution >= 4 is 0 Å². The highest BCUT2D eigenvalue weighted by Gasteiger charge is 2.22. The zero-order chi connectivity index (χ0) is 13.5. The third-order valence-corrected chi connectivity index (χ3v) is 3.98. The van der Waals surface area contributed by atoms with Crippen LogP contribution < -0.4 is 10.1 Å². The van der Waals surface area contributed by atoms with Gasteiger partial charge in [0, 0.05) is 6.54 Å². The van der Waals surface area contributed by atoms with Crippen molar-refractivity contribution in [1.82, 2.24) is 5.32 Å². The number of ether oxygens (including phenoxy) is 1. The van der Waals surface area contributed by atoms with Gasteiger partial charge in [-0.1, -0.05) is 31.9 Å². The molecule has 0 saturated heterocycles. The van der Waals surface area contributed by atoms with Crippen LogP contribution in [0.4, 0.5) is 0 Å². The van der Waals surface area contributed by atoms with Crippen molar-refractivity contribution in [2.24, 2.45) is 11.8 Å². The SMILES string of the molecule is CC1CCCC1CNCc1cccc(OCC#N)c1. The number of hydrogen-bond acceptors (Lipinski definition) is 3. The molecule has 2 unspecified atom stereocenters. The van der Waals surface area contributed by atoms with Crippen molar-refractivity contribution in [3.63, 3.8) is 0 Å². The maximum absolute atomic E-state index is 8.50. The van der Waals surface area contributed by atoms with Gasteiger partial charge in [0.05, 0.1) is 0 Å². The van der Waals surface area contributed by atoms with Gasteiger partial charge in [-0.05, 0) is 42.5 Å². The first-order valence-corrected chi connectivity index (χ1v) is 7.09. The molecule has 1 saturated carbocycles. The molecule has 0 heterocycles. The molecule has 1 aliphatic rings. The second-order valence-corrected chi connectivity index (χ2v) is 5.39. The molecule has 19 heavy (non-hydrogen) atoms. The van der Waals surface area contributed by atoms with E-state index in [1.165, 1.54) is 24.8 Å². The summed E-state index contributed by atoms with van der Waals surface area (Å²) in [6.07, 6.45) is 4.12. The number of nitrogens with zero attached hydrogens (tertiary/aromatic N) is 1. The van der Waals surface area contributed by atoms with Crippen LogP contribution in [0.3, 0.4) is 0 Å². The van der Waals surface area contributed by atoms with Crippen LogP contribution in [0, 0.1) is 23.2 Å². The second kappa shape index (κ2) is 7.16. The average Bonchev–Trinajstić information content (AvgIpc) is 2.83. The van der Waals surface area contributed by atoms with E-state index in [2.05, 4.69) is 18.3 Å². The van der Waals surface area contributed by atoms with E-state index < -0.39 is 0 Å². The van der Waals surface area contributed by atoms with Gasteiger partial charge < -0.3 is 10.1 Å². The molecule has 0 aromatic heterocycles. The van der Waals surface area contributed by atoms with Crippen LogP contribution in [0.2, 0.25) is 0 Å². The predicted octanol–water partition coefficient (Wildman–Crippen LogP) is 3.11. The van der Waals surface area contributed by atoms with Crippen molar-refractivity contribution in [1.29, 1.82) is 5.26 Å². The Morgan fingerprint density at radius 1 is 1.42 bits per heavy atom. The topological polar surface area (TPSA) is 45.0 Å². The third kappa shape index (κ3) is 4.25. The fourth-order valence-corrected chi connectivity index (χ4v) is 2.79. The molecular weight excluding hydrogens is 236 g/mol. The van der Waals surface area contributed by atoms with E-state index in [0.717, 1.165) is 30.7 Å². The van der Waals surface area contributed by atoms with Crippen LogP contribution in [-0.4, -0.2) is 13.2 Å². The summed E-state index contributed by atoms with van der Waals surface area (Å²) in [6.45, 7) is 4.43. The van der Waals surface area contributed by atoms with Crippen LogP contribution in [0.5, 0.6) is 5.75 Å². The van der Waals surface area contributed by atoms with Crippen molar-refractivity contribution in [2.75, 3.05) is 13.2 Å². The Kier molecular flexibility index (Phi) is 5.23. The summed E-state index contributed by atoms with van der Waals surface area (Å²) in [5, 5.41) is 12.0. The fourth-order valence-electron chi connectivity index (χ4n) is 2.79. The Labute approximate surface area is 115 Å². The molecule has 2 atom stereocenters. The first-order chi connectivity index (χ1) is 9.29. The third-order valence-electron chi connectivity index (χ3n) is 3.98. The summed E-state index contributed by atoms with van der Waals surface area (Å²) in [4.78, 5) is 0. The van der Waals surface area contributed by atoms with E-state index in [-0.39, 0.29) is 6.61 Å². The van der Waals surface area contributed by atoms with E-state index in [1.807, 2.05) is 24.3 Å². The predicted molar refractivity (Wildman–Crippen MR) is 75.8 cm³/mol. The van der Waals surface area contributed by atoms with Crippen LogP contribution >= 0.6 is 0 Å². The van der Waals surface area contributed by atoms with E-state index in [4.69, 9.17) is 10.00 Å². The van der Waals surface area contributed by atoms with Gasteiger partial charge in [-0.2, -0.15) is 5.26 Å². The molecule has 1 aromatic carbocycles. The van der Waals surface area contributed by atoms with Crippen LogP contribution in [0.1, 0.15) is 31.7 Å². The largest absolute Gasteiger partial charge is 0.479 e. The number of benzene rings is 1.